The molecule has 2 aromatic carbocycles. The van der Waals surface area contributed by atoms with Crippen molar-refractivity contribution in [1.82, 2.24) is 14.7 Å². The SMILES string of the molecule is COc1ccc(OC)c(NC(=O)Cn2c(C)cc(C)c(-c3nc(-c4ccccc4)no3)c2=O)c1. The highest BCUT2D eigenvalue weighted by molar-refractivity contribution is 5.92. The van der Waals surface area contributed by atoms with E-state index in [1.807, 2.05) is 36.4 Å². The summed E-state index contributed by atoms with van der Waals surface area (Å²) in [6.45, 7) is 3.35. The second-order valence-electron chi connectivity index (χ2n) is 7.64. The Balaban J connectivity index is 1.65. The Labute approximate surface area is 196 Å². The van der Waals surface area contributed by atoms with Crippen LogP contribution in [0.5, 0.6) is 11.5 Å². The number of methoxy groups -OCH3 is 2. The van der Waals surface area contributed by atoms with Crippen molar-refractivity contribution >= 4 is 11.6 Å². The lowest BCUT2D eigenvalue weighted by atomic mass is 10.1. The maximum Gasteiger partial charge on any atom is 0.264 e. The normalized spacial score (nSPS) is 10.7. The van der Waals surface area contributed by atoms with E-state index in [1.54, 1.807) is 32.0 Å². The molecule has 4 aromatic rings. The molecule has 1 N–H and O–H groups in total. The topological polar surface area (TPSA) is 108 Å². The minimum absolute atomic E-state index is 0.102. The molecule has 0 aliphatic carbocycles. The third-order valence-corrected chi connectivity index (χ3v) is 5.36. The Morgan fingerprint density at radius 3 is 2.53 bits per heavy atom. The van der Waals surface area contributed by atoms with Crippen LogP contribution in [0.15, 0.2) is 63.9 Å². The summed E-state index contributed by atoms with van der Waals surface area (Å²) in [7, 11) is 3.04. The molecule has 9 nitrogen and oxygen atoms in total. The van der Waals surface area contributed by atoms with Gasteiger partial charge in [-0.05, 0) is 37.6 Å². The number of aromatic nitrogens is 3. The fourth-order valence-corrected chi connectivity index (χ4v) is 3.66. The van der Waals surface area contributed by atoms with E-state index in [0.29, 0.717) is 34.3 Å². The first-order valence-electron chi connectivity index (χ1n) is 10.5. The highest BCUT2D eigenvalue weighted by Gasteiger charge is 2.20. The maximum atomic E-state index is 13.4. The van der Waals surface area contributed by atoms with Crippen molar-refractivity contribution in [2.75, 3.05) is 19.5 Å². The molecule has 0 aliphatic rings. The molecule has 0 saturated carbocycles. The molecule has 4 rings (SSSR count). The van der Waals surface area contributed by atoms with E-state index >= 15 is 0 Å². The first kappa shape index (κ1) is 22.8. The predicted octanol–water partition coefficient (Wildman–Crippen LogP) is 3.84. The molecule has 9 heteroatoms. The number of anilines is 1. The number of hydrogen-bond donors (Lipinski definition) is 1. The van der Waals surface area contributed by atoms with Crippen molar-refractivity contribution in [3.8, 4) is 34.3 Å². The second kappa shape index (κ2) is 9.62. The summed E-state index contributed by atoms with van der Waals surface area (Å²) in [5, 5.41) is 6.79. The monoisotopic (exact) mass is 460 g/mol. The standard InChI is InChI=1S/C25H24N4O5/c1-15-12-16(2)29(14-21(30)26-19-13-18(32-3)10-11-20(19)33-4)25(31)22(15)24-27-23(28-34-24)17-8-6-5-7-9-17/h5-13H,14H2,1-4H3,(H,26,30). The minimum atomic E-state index is -0.401. The molecule has 174 valence electrons. The van der Waals surface area contributed by atoms with Gasteiger partial charge in [-0.3, -0.25) is 9.59 Å². The van der Waals surface area contributed by atoms with Crippen LogP contribution in [0.3, 0.4) is 0 Å². The van der Waals surface area contributed by atoms with Gasteiger partial charge in [0.1, 0.15) is 23.6 Å². The molecular weight excluding hydrogens is 436 g/mol. The minimum Gasteiger partial charge on any atom is -0.497 e. The van der Waals surface area contributed by atoms with Crippen LogP contribution in [0.1, 0.15) is 11.3 Å². The van der Waals surface area contributed by atoms with Crippen molar-refractivity contribution in [2.24, 2.45) is 0 Å². The van der Waals surface area contributed by atoms with Gasteiger partial charge in [-0.1, -0.05) is 35.5 Å². The highest BCUT2D eigenvalue weighted by Crippen LogP contribution is 2.29. The van der Waals surface area contributed by atoms with Crippen LogP contribution in [-0.2, 0) is 11.3 Å². The first-order chi connectivity index (χ1) is 16.4. The summed E-state index contributed by atoms with van der Waals surface area (Å²) in [5.74, 6) is 1.12. The molecular formula is C25H24N4O5. The lowest BCUT2D eigenvalue weighted by Crippen LogP contribution is -2.30. The average molecular weight is 460 g/mol. The summed E-state index contributed by atoms with van der Waals surface area (Å²) in [4.78, 5) is 30.6. The number of carbonyl (C=O) groups excluding carboxylic acids is 1. The van der Waals surface area contributed by atoms with E-state index in [4.69, 9.17) is 14.0 Å². The molecule has 0 radical (unpaired) electrons. The van der Waals surface area contributed by atoms with Crippen LogP contribution in [0, 0.1) is 13.8 Å². The number of benzene rings is 2. The maximum absolute atomic E-state index is 13.4. The van der Waals surface area contributed by atoms with Crippen LogP contribution in [0.2, 0.25) is 0 Å². The summed E-state index contributed by atoms with van der Waals surface area (Å²) in [6, 6.07) is 16.2. The summed E-state index contributed by atoms with van der Waals surface area (Å²) < 4.78 is 17.3. The zero-order valence-electron chi connectivity index (χ0n) is 19.3. The smallest absolute Gasteiger partial charge is 0.264 e. The van der Waals surface area contributed by atoms with Crippen LogP contribution in [0.4, 0.5) is 5.69 Å². The van der Waals surface area contributed by atoms with Gasteiger partial charge < -0.3 is 23.9 Å². The van der Waals surface area contributed by atoms with Crippen LogP contribution in [-0.4, -0.2) is 34.8 Å². The van der Waals surface area contributed by atoms with E-state index in [-0.39, 0.29) is 18.0 Å². The molecule has 0 saturated heterocycles. The van der Waals surface area contributed by atoms with Crippen molar-refractivity contribution in [3.63, 3.8) is 0 Å². The number of rotatable bonds is 7. The van der Waals surface area contributed by atoms with Crippen LogP contribution >= 0.6 is 0 Å². The van der Waals surface area contributed by atoms with Crippen molar-refractivity contribution in [2.45, 2.75) is 20.4 Å². The van der Waals surface area contributed by atoms with E-state index in [0.717, 1.165) is 5.56 Å². The summed E-state index contributed by atoms with van der Waals surface area (Å²) >= 11 is 0. The Hall–Kier alpha value is -4.40. The Kier molecular flexibility index (Phi) is 6.44. The molecule has 2 heterocycles. The van der Waals surface area contributed by atoms with Crippen molar-refractivity contribution in [1.29, 1.82) is 0 Å². The van der Waals surface area contributed by atoms with Gasteiger partial charge in [-0.25, -0.2) is 0 Å². The van der Waals surface area contributed by atoms with Gasteiger partial charge in [-0.2, -0.15) is 4.98 Å². The molecule has 0 atom stereocenters. The van der Waals surface area contributed by atoms with Crippen LogP contribution in [0.25, 0.3) is 22.8 Å². The third kappa shape index (κ3) is 4.54. The fourth-order valence-electron chi connectivity index (χ4n) is 3.66. The molecule has 0 unspecified atom stereocenters. The number of nitrogens with zero attached hydrogens (tertiary/aromatic N) is 3. The summed E-state index contributed by atoms with van der Waals surface area (Å²) in [6.07, 6.45) is 0. The Morgan fingerprint density at radius 1 is 1.06 bits per heavy atom. The third-order valence-electron chi connectivity index (χ3n) is 5.36. The number of pyridine rings is 1. The van der Waals surface area contributed by atoms with Gasteiger partial charge in [0.2, 0.25) is 11.7 Å². The van der Waals surface area contributed by atoms with Gasteiger partial charge in [0.25, 0.3) is 11.4 Å². The number of hydrogen-bond acceptors (Lipinski definition) is 7. The predicted molar refractivity (Wildman–Crippen MR) is 127 cm³/mol. The van der Waals surface area contributed by atoms with Crippen molar-refractivity contribution < 1.29 is 18.8 Å². The fraction of sp³-hybridized carbons (Fsp3) is 0.200. The van der Waals surface area contributed by atoms with E-state index in [9.17, 15) is 9.59 Å². The molecule has 0 aliphatic heterocycles. The number of nitrogens with one attached hydrogen (secondary N) is 1. The Morgan fingerprint density at radius 2 is 1.82 bits per heavy atom. The first-order valence-corrected chi connectivity index (χ1v) is 10.5. The molecule has 0 spiro atoms. The molecule has 0 fully saturated rings. The van der Waals surface area contributed by atoms with Gasteiger partial charge >= 0.3 is 0 Å². The summed E-state index contributed by atoms with van der Waals surface area (Å²) in [5.41, 5.74) is 2.38. The molecule has 1 amide bonds. The lowest BCUT2D eigenvalue weighted by Gasteiger charge is -2.15. The van der Waals surface area contributed by atoms with E-state index in [2.05, 4.69) is 15.5 Å². The molecule has 2 aromatic heterocycles. The van der Waals surface area contributed by atoms with Crippen molar-refractivity contribution in [3.05, 3.63) is 76.2 Å². The second-order valence-corrected chi connectivity index (χ2v) is 7.64. The molecule has 34 heavy (non-hydrogen) atoms. The number of carbonyl (C=O) groups is 1. The van der Waals surface area contributed by atoms with Gasteiger partial charge in [-0.15, -0.1) is 0 Å². The highest BCUT2D eigenvalue weighted by atomic mass is 16.5. The molecule has 0 bridgehead atoms. The average Bonchev–Trinajstić information content (AvgIpc) is 3.32. The van der Waals surface area contributed by atoms with Gasteiger partial charge in [0, 0.05) is 17.3 Å². The zero-order valence-corrected chi connectivity index (χ0v) is 19.3. The Bertz CT molecular complexity index is 1390. The zero-order chi connectivity index (χ0) is 24.2. The van der Waals surface area contributed by atoms with Gasteiger partial charge in [0.15, 0.2) is 0 Å². The van der Waals surface area contributed by atoms with Gasteiger partial charge in [0.05, 0.1) is 19.9 Å². The lowest BCUT2D eigenvalue weighted by molar-refractivity contribution is -0.116. The number of aryl methyl sites for hydroxylation is 2. The van der Waals surface area contributed by atoms with E-state index in [1.165, 1.54) is 18.8 Å². The van der Waals surface area contributed by atoms with E-state index < -0.39 is 11.5 Å². The number of ether oxygens (including phenoxy) is 2. The quantitative estimate of drug-likeness (QED) is 0.446. The number of amides is 1. The largest absolute Gasteiger partial charge is 0.497 e. The van der Waals surface area contributed by atoms with Crippen LogP contribution < -0.4 is 20.3 Å².